The standard InChI is InChI=1S/C27H30N2O6/c1-3-35-27(33)18-12-14-21(15-13-18)29-24(30)17-23(26(29)32)28(20-9-5-4-6-10-20)25(31)19-8-7-11-22(16-19)34-2/h7-8,11-16,20,23H,3-6,9-10,17H2,1-2H3. The number of amides is 3. The summed E-state index contributed by atoms with van der Waals surface area (Å²) < 4.78 is 10.3. The maximum Gasteiger partial charge on any atom is 0.338 e. The van der Waals surface area contributed by atoms with Gasteiger partial charge in [-0.1, -0.05) is 25.3 Å². The second-order valence-corrected chi connectivity index (χ2v) is 8.79. The minimum absolute atomic E-state index is 0.0787. The van der Waals surface area contributed by atoms with Gasteiger partial charge in [0.2, 0.25) is 5.91 Å². The lowest BCUT2D eigenvalue weighted by molar-refractivity contribution is -0.123. The van der Waals surface area contributed by atoms with E-state index in [0.717, 1.165) is 37.0 Å². The molecule has 8 nitrogen and oxygen atoms in total. The number of nitrogens with zero attached hydrogens (tertiary/aromatic N) is 2. The zero-order chi connectivity index (χ0) is 24.9. The molecule has 1 saturated heterocycles. The van der Waals surface area contributed by atoms with Crippen molar-refractivity contribution >= 4 is 29.4 Å². The van der Waals surface area contributed by atoms with E-state index in [1.807, 2.05) is 0 Å². The fourth-order valence-corrected chi connectivity index (χ4v) is 4.89. The first-order chi connectivity index (χ1) is 16.9. The van der Waals surface area contributed by atoms with Crippen molar-refractivity contribution in [3.05, 3.63) is 59.7 Å². The number of carbonyl (C=O) groups is 4. The van der Waals surface area contributed by atoms with E-state index in [0.29, 0.717) is 22.6 Å². The van der Waals surface area contributed by atoms with Gasteiger partial charge in [-0.25, -0.2) is 9.69 Å². The van der Waals surface area contributed by atoms with E-state index in [1.54, 1.807) is 48.2 Å². The van der Waals surface area contributed by atoms with Crippen LogP contribution < -0.4 is 9.64 Å². The molecule has 1 aliphatic heterocycles. The van der Waals surface area contributed by atoms with Crippen molar-refractivity contribution in [2.45, 2.75) is 57.5 Å². The maximum absolute atomic E-state index is 13.7. The van der Waals surface area contributed by atoms with Crippen molar-refractivity contribution in [2.75, 3.05) is 18.6 Å². The van der Waals surface area contributed by atoms with Gasteiger partial charge in [0.05, 0.1) is 31.4 Å². The van der Waals surface area contributed by atoms with Crippen molar-refractivity contribution in [2.24, 2.45) is 0 Å². The summed E-state index contributed by atoms with van der Waals surface area (Å²) in [7, 11) is 1.53. The summed E-state index contributed by atoms with van der Waals surface area (Å²) in [6.45, 7) is 1.97. The number of esters is 1. The molecule has 2 aromatic rings. The number of hydrogen-bond acceptors (Lipinski definition) is 6. The lowest BCUT2D eigenvalue weighted by Gasteiger charge is -2.37. The van der Waals surface area contributed by atoms with Gasteiger partial charge in [0.25, 0.3) is 11.8 Å². The molecule has 3 amide bonds. The number of hydrogen-bond donors (Lipinski definition) is 0. The highest BCUT2D eigenvalue weighted by Crippen LogP contribution is 2.32. The number of benzene rings is 2. The molecule has 184 valence electrons. The first-order valence-corrected chi connectivity index (χ1v) is 12.0. The number of ether oxygens (including phenoxy) is 2. The van der Waals surface area contributed by atoms with Gasteiger partial charge in [-0.2, -0.15) is 0 Å². The second kappa shape index (κ2) is 10.7. The van der Waals surface area contributed by atoms with Crippen LogP contribution in [-0.2, 0) is 14.3 Å². The molecule has 0 radical (unpaired) electrons. The third kappa shape index (κ3) is 5.06. The first kappa shape index (κ1) is 24.4. The van der Waals surface area contributed by atoms with Crippen LogP contribution in [0.5, 0.6) is 5.75 Å². The van der Waals surface area contributed by atoms with Gasteiger partial charge in [-0.05, 0) is 62.2 Å². The van der Waals surface area contributed by atoms with Crippen molar-refractivity contribution < 1.29 is 28.7 Å². The van der Waals surface area contributed by atoms with Crippen LogP contribution in [0, 0.1) is 0 Å². The van der Waals surface area contributed by atoms with Crippen LogP contribution in [0.2, 0.25) is 0 Å². The number of imide groups is 1. The Labute approximate surface area is 204 Å². The summed E-state index contributed by atoms with van der Waals surface area (Å²) in [6, 6.07) is 12.0. The van der Waals surface area contributed by atoms with E-state index in [4.69, 9.17) is 9.47 Å². The molecule has 35 heavy (non-hydrogen) atoms. The number of methoxy groups -OCH3 is 1. The number of anilines is 1. The predicted molar refractivity (Wildman–Crippen MR) is 129 cm³/mol. The van der Waals surface area contributed by atoms with E-state index in [1.165, 1.54) is 19.2 Å². The van der Waals surface area contributed by atoms with Crippen molar-refractivity contribution in [3.8, 4) is 5.75 Å². The van der Waals surface area contributed by atoms with Crippen LogP contribution in [0.3, 0.4) is 0 Å². The van der Waals surface area contributed by atoms with Crippen LogP contribution in [0.4, 0.5) is 5.69 Å². The Morgan fingerprint density at radius 2 is 1.71 bits per heavy atom. The number of rotatable bonds is 7. The van der Waals surface area contributed by atoms with Gasteiger partial charge in [-0.3, -0.25) is 14.4 Å². The highest BCUT2D eigenvalue weighted by Gasteiger charge is 2.46. The first-order valence-electron chi connectivity index (χ1n) is 12.0. The number of carbonyl (C=O) groups excluding carboxylic acids is 4. The molecule has 0 bridgehead atoms. The monoisotopic (exact) mass is 478 g/mol. The van der Waals surface area contributed by atoms with Gasteiger partial charge < -0.3 is 14.4 Å². The molecule has 2 fully saturated rings. The molecule has 1 atom stereocenters. The van der Waals surface area contributed by atoms with Gasteiger partial charge in [0, 0.05) is 11.6 Å². The summed E-state index contributed by atoms with van der Waals surface area (Å²) in [4.78, 5) is 55.0. The Morgan fingerprint density at radius 1 is 1.00 bits per heavy atom. The highest BCUT2D eigenvalue weighted by atomic mass is 16.5. The van der Waals surface area contributed by atoms with E-state index in [-0.39, 0.29) is 30.9 Å². The fourth-order valence-electron chi connectivity index (χ4n) is 4.89. The maximum atomic E-state index is 13.7. The molecular formula is C27H30N2O6. The molecule has 1 heterocycles. The molecule has 1 unspecified atom stereocenters. The van der Waals surface area contributed by atoms with Gasteiger partial charge in [0.1, 0.15) is 11.8 Å². The minimum Gasteiger partial charge on any atom is -0.497 e. The molecular weight excluding hydrogens is 448 g/mol. The van der Waals surface area contributed by atoms with E-state index in [9.17, 15) is 19.2 Å². The van der Waals surface area contributed by atoms with E-state index >= 15 is 0 Å². The van der Waals surface area contributed by atoms with Gasteiger partial charge in [-0.15, -0.1) is 0 Å². The van der Waals surface area contributed by atoms with Crippen molar-refractivity contribution in [1.29, 1.82) is 0 Å². The summed E-state index contributed by atoms with van der Waals surface area (Å²) in [5.74, 6) is -0.995. The molecule has 1 aliphatic carbocycles. The van der Waals surface area contributed by atoms with Crippen molar-refractivity contribution in [1.82, 2.24) is 4.90 Å². The SMILES string of the molecule is CCOC(=O)c1ccc(N2C(=O)CC(N(C(=O)c3cccc(OC)c3)C3CCCCC3)C2=O)cc1. The second-order valence-electron chi connectivity index (χ2n) is 8.79. The highest BCUT2D eigenvalue weighted by molar-refractivity contribution is 6.23. The van der Waals surface area contributed by atoms with E-state index < -0.39 is 17.9 Å². The average Bonchev–Trinajstić information content (AvgIpc) is 3.18. The third-order valence-corrected chi connectivity index (χ3v) is 6.61. The average molecular weight is 479 g/mol. The Morgan fingerprint density at radius 3 is 2.37 bits per heavy atom. The summed E-state index contributed by atoms with van der Waals surface area (Å²) in [5, 5.41) is 0. The van der Waals surface area contributed by atoms with Crippen LogP contribution in [0.15, 0.2) is 48.5 Å². The molecule has 8 heteroatoms. The Bertz CT molecular complexity index is 1110. The van der Waals surface area contributed by atoms with Crippen LogP contribution >= 0.6 is 0 Å². The largest absolute Gasteiger partial charge is 0.497 e. The summed E-state index contributed by atoms with van der Waals surface area (Å²) in [6.07, 6.45) is 4.55. The molecule has 4 rings (SSSR count). The predicted octanol–water partition coefficient (Wildman–Crippen LogP) is 3.98. The molecule has 0 spiro atoms. The lowest BCUT2D eigenvalue weighted by atomic mass is 9.92. The quantitative estimate of drug-likeness (QED) is 0.442. The van der Waals surface area contributed by atoms with Crippen molar-refractivity contribution in [3.63, 3.8) is 0 Å². The molecule has 1 saturated carbocycles. The lowest BCUT2D eigenvalue weighted by Crippen LogP contribution is -2.51. The molecule has 0 N–H and O–H groups in total. The third-order valence-electron chi connectivity index (χ3n) is 6.61. The molecule has 0 aromatic heterocycles. The summed E-state index contributed by atoms with van der Waals surface area (Å²) in [5.41, 5.74) is 1.13. The Balaban J connectivity index is 1.63. The van der Waals surface area contributed by atoms with E-state index in [2.05, 4.69) is 0 Å². The molecule has 2 aliphatic rings. The zero-order valence-corrected chi connectivity index (χ0v) is 20.1. The Kier molecular flexibility index (Phi) is 7.48. The fraction of sp³-hybridized carbons (Fsp3) is 0.407. The topological polar surface area (TPSA) is 93.2 Å². The van der Waals surface area contributed by atoms with Crippen LogP contribution in [-0.4, -0.2) is 54.4 Å². The van der Waals surface area contributed by atoms with Crippen LogP contribution in [0.25, 0.3) is 0 Å². The van der Waals surface area contributed by atoms with Gasteiger partial charge >= 0.3 is 5.97 Å². The molecule has 2 aromatic carbocycles. The summed E-state index contributed by atoms with van der Waals surface area (Å²) >= 11 is 0. The Hall–Kier alpha value is -3.68. The van der Waals surface area contributed by atoms with Crippen LogP contribution in [0.1, 0.15) is 66.2 Å². The minimum atomic E-state index is -0.881. The normalized spacial score (nSPS) is 18.5. The zero-order valence-electron chi connectivity index (χ0n) is 20.1. The smallest absolute Gasteiger partial charge is 0.338 e. The van der Waals surface area contributed by atoms with Gasteiger partial charge in [0.15, 0.2) is 0 Å².